The largest absolute Gasteiger partial charge is 0.349 e. The lowest BCUT2D eigenvalue weighted by Gasteiger charge is -2.17. The second-order valence-electron chi connectivity index (χ2n) is 5.27. The Hall–Kier alpha value is -2.25. The molecule has 3 rings (SSSR count). The fraction of sp³-hybridized carbons (Fsp3) is 0.312. The highest BCUT2D eigenvalue weighted by atomic mass is 32.1. The molecule has 0 aliphatic carbocycles. The van der Waals surface area contributed by atoms with Crippen LogP contribution in [0.25, 0.3) is 0 Å². The third-order valence-corrected chi connectivity index (χ3v) is 4.60. The lowest BCUT2D eigenvalue weighted by atomic mass is 10.2. The maximum atomic E-state index is 12.1. The normalized spacial score (nSPS) is 13.3. The maximum absolute atomic E-state index is 12.1. The van der Waals surface area contributed by atoms with Gasteiger partial charge in [-0.3, -0.25) is 9.59 Å². The molecule has 0 saturated heterocycles. The number of hydrogen-bond acceptors (Lipinski definition) is 5. The van der Waals surface area contributed by atoms with Gasteiger partial charge < -0.3 is 16.0 Å². The van der Waals surface area contributed by atoms with E-state index >= 15 is 0 Å². The Kier molecular flexibility index (Phi) is 4.68. The fourth-order valence-electron chi connectivity index (χ4n) is 2.59. The smallest absolute Gasteiger partial charge is 0.270 e. The second kappa shape index (κ2) is 6.89. The van der Waals surface area contributed by atoms with Crippen LogP contribution in [-0.2, 0) is 17.6 Å². The molecule has 7 heteroatoms. The van der Waals surface area contributed by atoms with Crippen LogP contribution in [0.4, 0.5) is 5.69 Å². The Balaban J connectivity index is 1.55. The number of hydrogen-bond donors (Lipinski definition) is 2. The van der Waals surface area contributed by atoms with Gasteiger partial charge in [-0.2, -0.15) is 0 Å². The summed E-state index contributed by atoms with van der Waals surface area (Å²) in [6, 6.07) is 7.73. The van der Waals surface area contributed by atoms with Gasteiger partial charge in [-0.1, -0.05) is 18.2 Å². The highest BCUT2D eigenvalue weighted by molar-refractivity contribution is 7.09. The van der Waals surface area contributed by atoms with E-state index in [0.29, 0.717) is 38.2 Å². The van der Waals surface area contributed by atoms with Gasteiger partial charge in [0, 0.05) is 30.6 Å². The summed E-state index contributed by atoms with van der Waals surface area (Å²) in [5.41, 5.74) is 7.86. The number of aromatic nitrogens is 1. The van der Waals surface area contributed by atoms with Crippen molar-refractivity contribution >= 4 is 28.8 Å². The second-order valence-corrected chi connectivity index (χ2v) is 6.21. The van der Waals surface area contributed by atoms with Crippen molar-refractivity contribution in [1.29, 1.82) is 0 Å². The molecule has 120 valence electrons. The fourth-order valence-corrected chi connectivity index (χ4v) is 3.38. The van der Waals surface area contributed by atoms with Crippen LogP contribution in [0.1, 0.15) is 21.1 Å². The number of rotatable bonds is 6. The molecule has 0 atom stereocenters. The molecule has 0 unspecified atom stereocenters. The minimum absolute atomic E-state index is 0.0688. The van der Waals surface area contributed by atoms with E-state index in [1.54, 1.807) is 10.3 Å². The maximum Gasteiger partial charge on any atom is 0.270 e. The van der Waals surface area contributed by atoms with E-state index in [1.807, 2.05) is 24.3 Å². The van der Waals surface area contributed by atoms with Gasteiger partial charge >= 0.3 is 0 Å². The number of thiazole rings is 1. The number of anilines is 1. The molecule has 0 saturated carbocycles. The van der Waals surface area contributed by atoms with E-state index in [4.69, 9.17) is 5.73 Å². The Bertz CT molecular complexity index is 728. The van der Waals surface area contributed by atoms with E-state index in [9.17, 15) is 9.59 Å². The van der Waals surface area contributed by atoms with Crippen molar-refractivity contribution in [2.24, 2.45) is 5.73 Å². The Morgan fingerprint density at radius 3 is 3.04 bits per heavy atom. The van der Waals surface area contributed by atoms with Gasteiger partial charge in [-0.15, -0.1) is 11.3 Å². The first-order chi connectivity index (χ1) is 11.2. The topological polar surface area (TPSA) is 88.3 Å². The molecule has 2 amide bonds. The molecule has 1 aromatic heterocycles. The SMILES string of the molecule is NCCc1nc(C(=O)NCCN2C(=O)Cc3ccccc32)cs1. The molecule has 1 aromatic carbocycles. The molecule has 3 N–H and O–H groups in total. The first kappa shape index (κ1) is 15.6. The number of carbonyl (C=O) groups is 2. The average Bonchev–Trinajstić information content (AvgIpc) is 3.13. The average molecular weight is 330 g/mol. The van der Waals surface area contributed by atoms with Crippen LogP contribution in [0.3, 0.4) is 0 Å². The van der Waals surface area contributed by atoms with E-state index in [-0.39, 0.29) is 11.8 Å². The highest BCUT2D eigenvalue weighted by Crippen LogP contribution is 2.27. The monoisotopic (exact) mass is 330 g/mol. The molecule has 2 aromatic rings. The summed E-state index contributed by atoms with van der Waals surface area (Å²) in [6.45, 7) is 1.37. The van der Waals surface area contributed by atoms with E-state index in [2.05, 4.69) is 10.3 Å². The zero-order valence-electron chi connectivity index (χ0n) is 12.6. The Morgan fingerprint density at radius 2 is 2.22 bits per heavy atom. The molecule has 0 fully saturated rings. The van der Waals surface area contributed by atoms with Crippen molar-refractivity contribution in [1.82, 2.24) is 10.3 Å². The van der Waals surface area contributed by atoms with Gasteiger partial charge in [0.15, 0.2) is 0 Å². The van der Waals surface area contributed by atoms with Crippen LogP contribution in [0.15, 0.2) is 29.6 Å². The van der Waals surface area contributed by atoms with Crippen LogP contribution in [0.5, 0.6) is 0 Å². The number of carbonyl (C=O) groups excluding carboxylic acids is 2. The summed E-state index contributed by atoms with van der Waals surface area (Å²) >= 11 is 1.44. The van der Waals surface area contributed by atoms with Gasteiger partial charge in [-0.25, -0.2) is 4.98 Å². The van der Waals surface area contributed by atoms with Crippen LogP contribution < -0.4 is 16.0 Å². The molecular weight excluding hydrogens is 312 g/mol. The van der Waals surface area contributed by atoms with Crippen molar-refractivity contribution in [3.05, 3.63) is 45.9 Å². The summed E-state index contributed by atoms with van der Waals surface area (Å²) in [6.07, 6.45) is 1.11. The quantitative estimate of drug-likeness (QED) is 0.826. The molecular formula is C16H18N4O2S. The number of benzene rings is 1. The first-order valence-electron chi connectivity index (χ1n) is 7.50. The minimum atomic E-state index is -0.218. The molecule has 6 nitrogen and oxygen atoms in total. The van der Waals surface area contributed by atoms with Crippen molar-refractivity contribution in [3.63, 3.8) is 0 Å². The Labute approximate surface area is 138 Å². The summed E-state index contributed by atoms with van der Waals surface area (Å²) < 4.78 is 0. The van der Waals surface area contributed by atoms with Crippen LogP contribution in [0, 0.1) is 0 Å². The molecule has 2 heterocycles. The minimum Gasteiger partial charge on any atom is -0.349 e. The number of nitrogens with two attached hydrogens (primary N) is 1. The Morgan fingerprint density at radius 1 is 1.39 bits per heavy atom. The van der Waals surface area contributed by atoms with Crippen LogP contribution in [0.2, 0.25) is 0 Å². The van der Waals surface area contributed by atoms with Gasteiger partial charge in [-0.05, 0) is 18.2 Å². The molecule has 1 aliphatic rings. The highest BCUT2D eigenvalue weighted by Gasteiger charge is 2.26. The molecule has 23 heavy (non-hydrogen) atoms. The van der Waals surface area contributed by atoms with E-state index in [0.717, 1.165) is 16.3 Å². The van der Waals surface area contributed by atoms with E-state index < -0.39 is 0 Å². The molecule has 0 bridgehead atoms. The van der Waals surface area contributed by atoms with Crippen molar-refractivity contribution < 1.29 is 9.59 Å². The summed E-state index contributed by atoms with van der Waals surface area (Å²) in [4.78, 5) is 30.1. The molecule has 0 radical (unpaired) electrons. The lowest BCUT2D eigenvalue weighted by Crippen LogP contribution is -2.36. The predicted molar refractivity (Wildman–Crippen MR) is 89.7 cm³/mol. The molecule has 1 aliphatic heterocycles. The van der Waals surface area contributed by atoms with Gasteiger partial charge in [0.2, 0.25) is 5.91 Å². The summed E-state index contributed by atoms with van der Waals surface area (Å²) in [5, 5.41) is 5.41. The number of amides is 2. The van der Waals surface area contributed by atoms with Crippen molar-refractivity contribution in [2.75, 3.05) is 24.5 Å². The number of nitrogens with one attached hydrogen (secondary N) is 1. The van der Waals surface area contributed by atoms with Crippen molar-refractivity contribution in [2.45, 2.75) is 12.8 Å². The summed E-state index contributed by atoms with van der Waals surface area (Å²) in [7, 11) is 0. The van der Waals surface area contributed by atoms with Crippen molar-refractivity contribution in [3.8, 4) is 0 Å². The standard InChI is InChI=1S/C16H18N4O2S/c17-6-5-14-19-12(10-23-14)16(22)18-7-8-20-13-4-2-1-3-11(13)9-15(20)21/h1-4,10H,5-9,17H2,(H,18,22). The zero-order chi connectivity index (χ0) is 16.2. The third kappa shape index (κ3) is 3.40. The number of fused-ring (bicyclic) bond motifs is 1. The summed E-state index contributed by atoms with van der Waals surface area (Å²) in [5.74, 6) is -0.149. The van der Waals surface area contributed by atoms with Gasteiger partial charge in [0.25, 0.3) is 5.91 Å². The van der Waals surface area contributed by atoms with E-state index in [1.165, 1.54) is 11.3 Å². The lowest BCUT2D eigenvalue weighted by molar-refractivity contribution is -0.117. The van der Waals surface area contributed by atoms with Gasteiger partial charge in [0.1, 0.15) is 5.69 Å². The zero-order valence-corrected chi connectivity index (χ0v) is 13.4. The van der Waals surface area contributed by atoms with Crippen LogP contribution in [-0.4, -0.2) is 36.4 Å². The third-order valence-electron chi connectivity index (χ3n) is 3.69. The predicted octanol–water partition coefficient (Wildman–Crippen LogP) is 0.963. The molecule has 0 spiro atoms. The number of nitrogens with zero attached hydrogens (tertiary/aromatic N) is 2. The number of para-hydroxylation sites is 1. The van der Waals surface area contributed by atoms with Gasteiger partial charge in [0.05, 0.1) is 11.4 Å². The first-order valence-corrected chi connectivity index (χ1v) is 8.38. The van der Waals surface area contributed by atoms with Crippen LogP contribution >= 0.6 is 11.3 Å².